The number of nitrogens with one attached hydrogen (secondary N) is 1. The summed E-state index contributed by atoms with van der Waals surface area (Å²) in [6, 6.07) is 23.4. The molecule has 1 saturated carbocycles. The average Bonchev–Trinajstić information content (AvgIpc) is 4.01. The van der Waals surface area contributed by atoms with Crippen LogP contribution in [0.5, 0.6) is 0 Å². The molecule has 1 aliphatic carbocycles. The average molecular weight is 865 g/mol. The van der Waals surface area contributed by atoms with Crippen molar-refractivity contribution < 1.29 is 52.9 Å². The van der Waals surface area contributed by atoms with Gasteiger partial charge in [-0.3, -0.25) is 28.8 Å². The number of hydrogen-bond donors (Lipinski definition) is 2. The number of amides is 3. The van der Waals surface area contributed by atoms with Crippen LogP contribution in [0.4, 0.5) is 0 Å². The number of hydroxylamine groups is 2. The van der Waals surface area contributed by atoms with Gasteiger partial charge in [-0.2, -0.15) is 5.06 Å². The summed E-state index contributed by atoms with van der Waals surface area (Å²) in [6.07, 6.45) is 0.407. The summed E-state index contributed by atoms with van der Waals surface area (Å²) in [5.74, 6) is -3.71. The maximum absolute atomic E-state index is 15.7. The summed E-state index contributed by atoms with van der Waals surface area (Å²) in [5.41, 5.74) is 0.560. The van der Waals surface area contributed by atoms with Crippen molar-refractivity contribution in [3.63, 3.8) is 0 Å². The van der Waals surface area contributed by atoms with Crippen molar-refractivity contribution in [2.45, 2.75) is 113 Å². The molecule has 0 aromatic heterocycles. The quantitative estimate of drug-likeness (QED) is 0.188. The normalized spacial score (nSPS) is 27.7. The summed E-state index contributed by atoms with van der Waals surface area (Å²) in [4.78, 5) is 79.5. The second kappa shape index (κ2) is 17.6. The molecule has 4 aliphatic heterocycles. The van der Waals surface area contributed by atoms with Crippen molar-refractivity contribution in [3.8, 4) is 0 Å². The first kappa shape index (κ1) is 44.2. The highest BCUT2D eigenvalue weighted by Gasteiger charge is 2.77. The van der Waals surface area contributed by atoms with Gasteiger partial charge in [0.2, 0.25) is 23.5 Å². The van der Waals surface area contributed by atoms with Gasteiger partial charge in [0.25, 0.3) is 0 Å². The summed E-state index contributed by atoms with van der Waals surface area (Å²) in [7, 11) is 3.32. The van der Waals surface area contributed by atoms with Crippen LogP contribution in [0.2, 0.25) is 0 Å². The number of esters is 2. The number of rotatable bonds is 13. The van der Waals surface area contributed by atoms with Crippen LogP contribution in [-0.2, 0) is 60.1 Å². The van der Waals surface area contributed by atoms with E-state index in [1.54, 1.807) is 40.9 Å². The SMILES string of the molecule is CN(C)C(=O)C=Cc1ccccc1CN1O[C@@H]2[C@H]3OC(c4ccccc4)(c4ccccc4)O[C@H]3[C@H]3C[C@]2(C(=O)N2CCC[C@@H]2C(=O)N[C@H](CO)CCC(=O)OC(C)(C)C)[C@@H]1C(=O)O3. The highest BCUT2D eigenvalue weighted by atomic mass is 16.8. The van der Waals surface area contributed by atoms with E-state index in [1.165, 1.54) is 20.9 Å². The van der Waals surface area contributed by atoms with Crippen molar-refractivity contribution in [1.82, 2.24) is 20.2 Å². The van der Waals surface area contributed by atoms with Crippen LogP contribution in [0.1, 0.15) is 75.1 Å². The fraction of sp³-hybridized carbons (Fsp3) is 0.479. The largest absolute Gasteiger partial charge is 0.460 e. The van der Waals surface area contributed by atoms with Gasteiger partial charge in [0, 0.05) is 50.7 Å². The summed E-state index contributed by atoms with van der Waals surface area (Å²) >= 11 is 0. The molecular weight excluding hydrogens is 809 g/mol. The maximum Gasteiger partial charge on any atom is 0.327 e. The van der Waals surface area contributed by atoms with Gasteiger partial charge in [-0.05, 0) is 57.2 Å². The molecule has 3 aromatic rings. The highest BCUT2D eigenvalue weighted by Crippen LogP contribution is 2.60. The Kier molecular flexibility index (Phi) is 12.3. The number of carbonyl (C=O) groups excluding carboxylic acids is 5. The molecule has 4 heterocycles. The molecule has 2 bridgehead atoms. The van der Waals surface area contributed by atoms with E-state index in [1.807, 2.05) is 84.9 Å². The van der Waals surface area contributed by atoms with Gasteiger partial charge < -0.3 is 39.2 Å². The summed E-state index contributed by atoms with van der Waals surface area (Å²) < 4.78 is 25.9. The van der Waals surface area contributed by atoms with Gasteiger partial charge >= 0.3 is 11.9 Å². The minimum absolute atomic E-state index is 0.0256. The molecule has 3 aromatic carbocycles. The summed E-state index contributed by atoms with van der Waals surface area (Å²) in [5, 5.41) is 14.6. The molecule has 8 atom stereocenters. The molecule has 5 fully saturated rings. The van der Waals surface area contributed by atoms with E-state index in [-0.39, 0.29) is 38.3 Å². The third-order valence-corrected chi connectivity index (χ3v) is 12.6. The molecule has 63 heavy (non-hydrogen) atoms. The second-order valence-electron chi connectivity index (χ2n) is 18.2. The molecule has 0 unspecified atom stereocenters. The third kappa shape index (κ3) is 8.40. The predicted octanol–water partition coefficient (Wildman–Crippen LogP) is 3.86. The lowest BCUT2D eigenvalue weighted by atomic mass is 9.62. The van der Waals surface area contributed by atoms with E-state index in [4.69, 9.17) is 23.8 Å². The van der Waals surface area contributed by atoms with E-state index < -0.39 is 89.7 Å². The smallest absolute Gasteiger partial charge is 0.327 e. The molecule has 15 nitrogen and oxygen atoms in total. The molecule has 8 rings (SSSR count). The first-order chi connectivity index (χ1) is 30.1. The molecule has 15 heteroatoms. The Bertz CT molecular complexity index is 2190. The Labute approximate surface area is 367 Å². The zero-order valence-electron chi connectivity index (χ0n) is 36.3. The lowest BCUT2D eigenvalue weighted by molar-refractivity contribution is -0.214. The van der Waals surface area contributed by atoms with E-state index in [9.17, 15) is 24.3 Å². The fourth-order valence-corrected chi connectivity index (χ4v) is 9.73. The Balaban J connectivity index is 1.15. The number of carbonyl (C=O) groups is 5. The van der Waals surface area contributed by atoms with Crippen molar-refractivity contribution in [2.75, 3.05) is 27.2 Å². The molecule has 0 radical (unpaired) electrons. The van der Waals surface area contributed by atoms with E-state index >= 15 is 4.79 Å². The summed E-state index contributed by atoms with van der Waals surface area (Å²) in [6.45, 7) is 5.13. The number of benzene rings is 3. The minimum atomic E-state index is -1.59. The van der Waals surface area contributed by atoms with E-state index in [0.717, 1.165) is 5.56 Å². The lowest BCUT2D eigenvalue weighted by Gasteiger charge is -2.50. The molecular formula is C48H56N4O11. The zero-order valence-corrected chi connectivity index (χ0v) is 36.3. The van der Waals surface area contributed by atoms with Crippen LogP contribution in [0, 0.1) is 5.41 Å². The van der Waals surface area contributed by atoms with E-state index in [0.29, 0.717) is 29.5 Å². The molecule has 0 spiro atoms. The predicted molar refractivity (Wildman–Crippen MR) is 228 cm³/mol. The maximum atomic E-state index is 15.7. The highest BCUT2D eigenvalue weighted by molar-refractivity contribution is 5.97. The molecule has 334 valence electrons. The number of fused-ring (bicyclic) bond motifs is 4. The van der Waals surface area contributed by atoms with Crippen molar-refractivity contribution >= 4 is 35.7 Å². The third-order valence-electron chi connectivity index (χ3n) is 12.6. The zero-order chi connectivity index (χ0) is 44.7. The number of ether oxygens (including phenoxy) is 4. The Morgan fingerprint density at radius 1 is 0.952 bits per heavy atom. The van der Waals surface area contributed by atoms with Crippen LogP contribution >= 0.6 is 0 Å². The van der Waals surface area contributed by atoms with Crippen LogP contribution in [0.25, 0.3) is 6.08 Å². The first-order valence-corrected chi connectivity index (χ1v) is 21.7. The molecule has 2 N–H and O–H groups in total. The van der Waals surface area contributed by atoms with Gasteiger partial charge in [-0.1, -0.05) is 84.9 Å². The van der Waals surface area contributed by atoms with Crippen LogP contribution < -0.4 is 5.32 Å². The van der Waals surface area contributed by atoms with Crippen molar-refractivity contribution in [1.29, 1.82) is 0 Å². The van der Waals surface area contributed by atoms with Gasteiger partial charge in [0.15, 0.2) is 6.04 Å². The number of nitrogens with zero attached hydrogens (tertiary/aromatic N) is 3. The molecule has 3 amide bonds. The standard InChI is InChI=1S/C48H56N4O11/c1-46(2,3)60-38(55)25-23-34(29-53)49-43(56)35-21-14-26-51(35)45(58)47-27-36-39-40(62-48(61-39,32-17-8-6-9-18-32)33-19-10-7-11-20-33)42(47)63-52(41(47)44(57)59-36)28-31-16-13-12-15-30(31)22-24-37(54)50(4)5/h6-13,15-20,22,24,34-36,39-42,53H,14,21,23,25-29H2,1-5H3,(H,49,56)/t34-,35+,36+,39-,40-,41-,42+,47-/m0/s1. The Morgan fingerprint density at radius 3 is 2.25 bits per heavy atom. The molecule has 4 saturated heterocycles. The minimum Gasteiger partial charge on any atom is -0.460 e. The topological polar surface area (TPSA) is 173 Å². The number of aliphatic hydroxyl groups is 1. The van der Waals surface area contributed by atoms with Crippen LogP contribution in [-0.4, -0.2) is 125 Å². The number of likely N-dealkylation sites (tertiary alicyclic amines) is 1. The van der Waals surface area contributed by atoms with Crippen LogP contribution in [0.15, 0.2) is 91.0 Å². The van der Waals surface area contributed by atoms with Crippen molar-refractivity contribution in [3.05, 3.63) is 113 Å². The van der Waals surface area contributed by atoms with Crippen LogP contribution in [0.3, 0.4) is 0 Å². The second-order valence-corrected chi connectivity index (χ2v) is 18.2. The van der Waals surface area contributed by atoms with Gasteiger partial charge in [-0.15, -0.1) is 0 Å². The molecule has 5 aliphatic rings. The monoisotopic (exact) mass is 864 g/mol. The van der Waals surface area contributed by atoms with Gasteiger partial charge in [0.1, 0.15) is 41.5 Å². The number of likely N-dealkylation sites (N-methyl/N-ethyl adjacent to an activating group) is 1. The van der Waals surface area contributed by atoms with Gasteiger partial charge in [-0.25, -0.2) is 0 Å². The van der Waals surface area contributed by atoms with Crippen molar-refractivity contribution in [2.24, 2.45) is 5.41 Å². The Hall–Kier alpha value is -5.45. The first-order valence-electron chi connectivity index (χ1n) is 21.7. The van der Waals surface area contributed by atoms with Gasteiger partial charge in [0.05, 0.1) is 19.2 Å². The number of aliphatic hydroxyl groups excluding tert-OH is 1. The fourth-order valence-electron chi connectivity index (χ4n) is 9.73. The number of hydrogen-bond acceptors (Lipinski definition) is 12. The Morgan fingerprint density at radius 2 is 1.60 bits per heavy atom. The van der Waals surface area contributed by atoms with E-state index in [2.05, 4.69) is 5.32 Å². The lowest BCUT2D eigenvalue weighted by Crippen LogP contribution is -2.70.